The van der Waals surface area contributed by atoms with Crippen LogP contribution in [0, 0.1) is 0 Å². The molecule has 3 aromatic rings. The van der Waals surface area contributed by atoms with Gasteiger partial charge in [0.05, 0.1) is 7.11 Å². The van der Waals surface area contributed by atoms with E-state index in [4.69, 9.17) is 4.42 Å². The topological polar surface area (TPSA) is 56.5 Å². The first-order valence-electron chi connectivity index (χ1n) is 6.93. The van der Waals surface area contributed by atoms with Crippen LogP contribution in [0.15, 0.2) is 62.6 Å². The molecule has 0 spiro atoms. The Bertz CT molecular complexity index is 943. The molecule has 0 aliphatic rings. The Morgan fingerprint density at radius 3 is 2.52 bits per heavy atom. The molecule has 116 valence electrons. The fraction of sp³-hybridized carbons (Fsp3) is 0.111. The molecule has 1 heterocycles. The lowest BCUT2D eigenvalue weighted by atomic mass is 10.1. The van der Waals surface area contributed by atoms with E-state index in [-0.39, 0.29) is 5.56 Å². The molecule has 0 unspecified atom stereocenters. The minimum absolute atomic E-state index is 0.0652. The maximum absolute atomic E-state index is 12.2. The number of fused-ring (bicyclic) bond motifs is 1. The highest BCUT2D eigenvalue weighted by Gasteiger charge is 2.20. The van der Waals surface area contributed by atoms with Gasteiger partial charge in [0.25, 0.3) is 0 Å². The predicted octanol–water partition coefficient (Wildman–Crippen LogP) is 3.97. The zero-order valence-corrected chi connectivity index (χ0v) is 13.5. The lowest BCUT2D eigenvalue weighted by Crippen LogP contribution is -2.17. The van der Waals surface area contributed by atoms with Crippen LogP contribution in [-0.4, -0.2) is 19.3 Å². The summed E-state index contributed by atoms with van der Waals surface area (Å²) in [5.74, 6) is -0.258. The molecule has 0 amide bonds. The number of carbonyl (C=O) groups excluding carboxylic acids is 1. The van der Waals surface area contributed by atoms with Crippen molar-refractivity contribution in [1.29, 1.82) is 0 Å². The molecule has 23 heavy (non-hydrogen) atoms. The number of hydrogen-bond donors (Lipinski definition) is 0. The smallest absolute Gasteiger partial charge is 0.352 e. The average Bonchev–Trinajstić information content (AvgIpc) is 2.59. The molecular formula is C18H14O4S. The maximum Gasteiger partial charge on any atom is 0.352 e. The lowest BCUT2D eigenvalue weighted by molar-refractivity contribution is 0.0591. The summed E-state index contributed by atoms with van der Waals surface area (Å²) in [4.78, 5) is 24.5. The van der Waals surface area contributed by atoms with Gasteiger partial charge in [0.15, 0.2) is 5.56 Å². The van der Waals surface area contributed by atoms with Crippen LogP contribution in [0.3, 0.4) is 0 Å². The van der Waals surface area contributed by atoms with E-state index >= 15 is 0 Å². The molecule has 0 aliphatic carbocycles. The predicted molar refractivity (Wildman–Crippen MR) is 91.0 cm³/mol. The van der Waals surface area contributed by atoms with Gasteiger partial charge in [-0.3, -0.25) is 0 Å². The summed E-state index contributed by atoms with van der Waals surface area (Å²) in [7, 11) is 1.24. The Kier molecular flexibility index (Phi) is 4.21. The summed E-state index contributed by atoms with van der Waals surface area (Å²) >= 11 is 1.30. The monoisotopic (exact) mass is 326 g/mol. The number of methoxy groups -OCH3 is 1. The molecule has 0 N–H and O–H groups in total. The quantitative estimate of drug-likeness (QED) is 0.538. The second-order valence-electron chi connectivity index (χ2n) is 4.89. The molecule has 0 bridgehead atoms. The van der Waals surface area contributed by atoms with Gasteiger partial charge in [-0.2, -0.15) is 0 Å². The van der Waals surface area contributed by atoms with Crippen molar-refractivity contribution in [3.05, 3.63) is 64.5 Å². The largest absolute Gasteiger partial charge is 0.465 e. The van der Waals surface area contributed by atoms with Crippen LogP contribution in [0.5, 0.6) is 0 Å². The summed E-state index contributed by atoms with van der Waals surface area (Å²) in [6.45, 7) is 0. The number of carbonyl (C=O) groups is 1. The molecule has 5 heteroatoms. The number of benzene rings is 2. The number of esters is 1. The number of hydrogen-bond acceptors (Lipinski definition) is 5. The van der Waals surface area contributed by atoms with Crippen LogP contribution in [0.25, 0.3) is 22.1 Å². The molecule has 2 aromatic carbocycles. The Morgan fingerprint density at radius 1 is 1.09 bits per heavy atom. The third-order valence-electron chi connectivity index (χ3n) is 3.56. The van der Waals surface area contributed by atoms with Crippen molar-refractivity contribution >= 4 is 28.5 Å². The standard InChI is InChI=1S/C18H14O4S/c1-21-17(19)16-15(23-2)10-14(22-18(16)20)13-8-7-11-5-3-4-6-12(11)9-13/h3-10H,1-2H3. The zero-order valence-electron chi connectivity index (χ0n) is 12.7. The second-order valence-corrected chi connectivity index (χ2v) is 5.74. The molecule has 0 saturated carbocycles. The molecule has 0 radical (unpaired) electrons. The molecule has 0 saturated heterocycles. The molecule has 1 aromatic heterocycles. The average molecular weight is 326 g/mol. The molecule has 3 rings (SSSR count). The summed E-state index contributed by atoms with van der Waals surface area (Å²) in [5, 5.41) is 2.16. The fourth-order valence-corrected chi connectivity index (χ4v) is 3.00. The molecule has 0 aliphatic heterocycles. The van der Waals surface area contributed by atoms with Crippen LogP contribution in [0.2, 0.25) is 0 Å². The fourth-order valence-electron chi connectivity index (χ4n) is 2.40. The summed E-state index contributed by atoms with van der Waals surface area (Å²) in [6, 6.07) is 15.4. The molecule has 0 fully saturated rings. The van der Waals surface area contributed by atoms with Gasteiger partial charge in [0.2, 0.25) is 0 Å². The first-order chi connectivity index (χ1) is 11.1. The van der Waals surface area contributed by atoms with E-state index in [0.29, 0.717) is 10.7 Å². The van der Waals surface area contributed by atoms with Gasteiger partial charge in [0.1, 0.15) is 5.76 Å². The number of rotatable bonds is 3. The van der Waals surface area contributed by atoms with E-state index in [0.717, 1.165) is 16.3 Å². The van der Waals surface area contributed by atoms with Gasteiger partial charge in [-0.05, 0) is 29.2 Å². The van der Waals surface area contributed by atoms with Gasteiger partial charge in [-0.1, -0.05) is 36.4 Å². The lowest BCUT2D eigenvalue weighted by Gasteiger charge is -2.07. The van der Waals surface area contributed by atoms with E-state index in [1.165, 1.54) is 18.9 Å². The van der Waals surface area contributed by atoms with Crippen molar-refractivity contribution in [2.75, 3.05) is 13.4 Å². The molecule has 0 atom stereocenters. The van der Waals surface area contributed by atoms with Crippen molar-refractivity contribution in [1.82, 2.24) is 0 Å². The third kappa shape index (κ3) is 2.87. The Morgan fingerprint density at radius 2 is 1.83 bits per heavy atom. The Hall–Kier alpha value is -2.53. The van der Waals surface area contributed by atoms with Gasteiger partial charge in [-0.25, -0.2) is 9.59 Å². The second kappa shape index (κ2) is 6.30. The van der Waals surface area contributed by atoms with Crippen molar-refractivity contribution < 1.29 is 13.9 Å². The first kappa shape index (κ1) is 15.4. The van der Waals surface area contributed by atoms with Gasteiger partial charge in [0, 0.05) is 10.5 Å². The number of thioether (sulfide) groups is 1. The number of ether oxygens (including phenoxy) is 1. The van der Waals surface area contributed by atoms with Crippen LogP contribution < -0.4 is 5.63 Å². The van der Waals surface area contributed by atoms with Crippen molar-refractivity contribution in [2.45, 2.75) is 4.90 Å². The van der Waals surface area contributed by atoms with E-state index in [2.05, 4.69) is 4.74 Å². The Balaban J connectivity index is 2.17. The van der Waals surface area contributed by atoms with E-state index in [1.54, 1.807) is 12.3 Å². The van der Waals surface area contributed by atoms with Crippen LogP contribution in [-0.2, 0) is 4.74 Å². The van der Waals surface area contributed by atoms with Gasteiger partial charge < -0.3 is 9.15 Å². The van der Waals surface area contributed by atoms with Crippen LogP contribution in [0.4, 0.5) is 0 Å². The van der Waals surface area contributed by atoms with Crippen molar-refractivity contribution in [3.63, 3.8) is 0 Å². The maximum atomic E-state index is 12.2. The highest BCUT2D eigenvalue weighted by atomic mass is 32.2. The molecular weight excluding hydrogens is 312 g/mol. The first-order valence-corrected chi connectivity index (χ1v) is 8.16. The van der Waals surface area contributed by atoms with Crippen molar-refractivity contribution in [2.24, 2.45) is 0 Å². The summed E-state index contributed by atoms with van der Waals surface area (Å²) in [5.41, 5.74) is 0.0314. The van der Waals surface area contributed by atoms with E-state index in [9.17, 15) is 9.59 Å². The van der Waals surface area contributed by atoms with Crippen LogP contribution in [0.1, 0.15) is 10.4 Å². The van der Waals surface area contributed by atoms with E-state index < -0.39 is 11.6 Å². The zero-order chi connectivity index (χ0) is 16.4. The van der Waals surface area contributed by atoms with Gasteiger partial charge >= 0.3 is 11.6 Å². The minimum atomic E-state index is -0.688. The Labute approximate surface area is 137 Å². The summed E-state index contributed by atoms with van der Waals surface area (Å²) in [6.07, 6.45) is 1.80. The highest BCUT2D eigenvalue weighted by molar-refractivity contribution is 7.98. The van der Waals surface area contributed by atoms with Crippen molar-refractivity contribution in [3.8, 4) is 11.3 Å². The van der Waals surface area contributed by atoms with Crippen LogP contribution >= 0.6 is 11.8 Å². The minimum Gasteiger partial charge on any atom is -0.465 e. The summed E-state index contributed by atoms with van der Waals surface area (Å²) < 4.78 is 9.99. The van der Waals surface area contributed by atoms with E-state index in [1.807, 2.05) is 42.5 Å². The highest BCUT2D eigenvalue weighted by Crippen LogP contribution is 2.28. The third-order valence-corrected chi connectivity index (χ3v) is 4.32. The molecule has 4 nitrogen and oxygen atoms in total. The van der Waals surface area contributed by atoms with Gasteiger partial charge in [-0.15, -0.1) is 11.8 Å². The normalized spacial score (nSPS) is 10.7. The SMILES string of the molecule is COC(=O)c1c(SC)cc(-c2ccc3ccccc3c2)oc1=O.